The van der Waals surface area contributed by atoms with Crippen molar-refractivity contribution in [2.45, 2.75) is 13.8 Å². The van der Waals surface area contributed by atoms with Gasteiger partial charge in [-0.25, -0.2) is 4.79 Å². The number of aryl methyl sites for hydroxylation is 1. The average molecular weight is 482 g/mol. The quantitative estimate of drug-likeness (QED) is 0.515. The van der Waals surface area contributed by atoms with Crippen molar-refractivity contribution >= 4 is 34.1 Å². The minimum atomic E-state index is -0.459. The minimum Gasteiger partial charge on any atom is -0.462 e. The SMILES string of the molecule is CCOC(=O)c1c(-c2ccc(C)cc2)csc1NC(=O)CN1CCN(C(=O)c2ccco2)CC1. The van der Waals surface area contributed by atoms with Gasteiger partial charge in [-0.1, -0.05) is 29.8 Å². The summed E-state index contributed by atoms with van der Waals surface area (Å²) in [6.45, 7) is 6.34. The van der Waals surface area contributed by atoms with Gasteiger partial charge in [-0.3, -0.25) is 14.5 Å². The van der Waals surface area contributed by atoms with Crippen molar-refractivity contribution in [2.75, 3.05) is 44.6 Å². The molecule has 1 aliphatic heterocycles. The van der Waals surface area contributed by atoms with Gasteiger partial charge in [0.05, 0.1) is 19.4 Å². The molecule has 2 aromatic heterocycles. The third-order valence-electron chi connectivity index (χ3n) is 5.64. The topological polar surface area (TPSA) is 92.1 Å². The number of anilines is 1. The first-order chi connectivity index (χ1) is 16.5. The summed E-state index contributed by atoms with van der Waals surface area (Å²) < 4.78 is 10.5. The first-order valence-corrected chi connectivity index (χ1v) is 12.0. The number of carbonyl (C=O) groups is 3. The molecule has 1 saturated heterocycles. The van der Waals surface area contributed by atoms with E-state index in [0.29, 0.717) is 42.5 Å². The second-order valence-electron chi connectivity index (χ2n) is 8.03. The zero-order valence-electron chi connectivity index (χ0n) is 19.2. The second kappa shape index (κ2) is 10.7. The maximum Gasteiger partial charge on any atom is 0.341 e. The lowest BCUT2D eigenvalue weighted by Crippen LogP contribution is -2.50. The lowest BCUT2D eigenvalue weighted by atomic mass is 10.0. The van der Waals surface area contributed by atoms with Crippen LogP contribution in [0.4, 0.5) is 5.00 Å². The van der Waals surface area contributed by atoms with E-state index in [0.717, 1.165) is 16.7 Å². The van der Waals surface area contributed by atoms with Crippen LogP contribution in [0.5, 0.6) is 0 Å². The van der Waals surface area contributed by atoms with Gasteiger partial charge in [0.15, 0.2) is 5.76 Å². The number of piperazine rings is 1. The van der Waals surface area contributed by atoms with E-state index in [1.165, 1.54) is 17.6 Å². The molecule has 0 bridgehead atoms. The molecule has 2 amide bonds. The van der Waals surface area contributed by atoms with E-state index in [9.17, 15) is 14.4 Å². The highest BCUT2D eigenvalue weighted by molar-refractivity contribution is 7.15. The molecular weight excluding hydrogens is 454 g/mol. The van der Waals surface area contributed by atoms with Crippen molar-refractivity contribution in [3.05, 3.63) is 64.9 Å². The summed E-state index contributed by atoms with van der Waals surface area (Å²) in [5, 5.41) is 5.24. The first kappa shape index (κ1) is 23.7. The van der Waals surface area contributed by atoms with Gasteiger partial charge in [-0.05, 0) is 31.5 Å². The number of thiophene rings is 1. The molecule has 0 aliphatic carbocycles. The standard InChI is InChI=1S/C25H27N3O5S/c1-3-32-25(31)22-19(18-8-6-17(2)7-9-18)16-34-23(22)26-21(29)15-27-10-12-28(13-11-27)24(30)20-5-4-14-33-20/h4-9,14,16H,3,10-13,15H2,1-2H3,(H,26,29). The van der Waals surface area contributed by atoms with Crippen LogP contribution in [0.3, 0.4) is 0 Å². The van der Waals surface area contributed by atoms with E-state index in [2.05, 4.69) is 5.32 Å². The molecule has 3 heterocycles. The van der Waals surface area contributed by atoms with Crippen LogP contribution < -0.4 is 5.32 Å². The lowest BCUT2D eigenvalue weighted by Gasteiger charge is -2.33. The number of amides is 2. The Morgan fingerprint density at radius 2 is 1.82 bits per heavy atom. The monoisotopic (exact) mass is 481 g/mol. The van der Waals surface area contributed by atoms with Crippen molar-refractivity contribution in [1.82, 2.24) is 9.80 Å². The second-order valence-corrected chi connectivity index (χ2v) is 8.91. The van der Waals surface area contributed by atoms with Crippen molar-refractivity contribution in [3.63, 3.8) is 0 Å². The number of nitrogens with zero attached hydrogens (tertiary/aromatic N) is 2. The number of hydrogen-bond donors (Lipinski definition) is 1. The van der Waals surface area contributed by atoms with Gasteiger partial charge in [0.1, 0.15) is 10.6 Å². The van der Waals surface area contributed by atoms with Crippen LogP contribution in [0.25, 0.3) is 11.1 Å². The van der Waals surface area contributed by atoms with Crippen molar-refractivity contribution in [1.29, 1.82) is 0 Å². The van der Waals surface area contributed by atoms with E-state index < -0.39 is 5.97 Å². The summed E-state index contributed by atoms with van der Waals surface area (Å²) in [5.74, 6) is -0.497. The number of rotatable bonds is 7. The fourth-order valence-electron chi connectivity index (χ4n) is 3.84. The number of benzene rings is 1. The molecule has 1 fully saturated rings. The van der Waals surface area contributed by atoms with Crippen LogP contribution in [0.2, 0.25) is 0 Å². The minimum absolute atomic E-state index is 0.143. The van der Waals surface area contributed by atoms with Crippen LogP contribution in [0.1, 0.15) is 33.4 Å². The van der Waals surface area contributed by atoms with E-state index in [-0.39, 0.29) is 25.0 Å². The molecular formula is C25H27N3O5S. The molecule has 9 heteroatoms. The summed E-state index contributed by atoms with van der Waals surface area (Å²) in [6, 6.07) is 11.2. The Labute approximate surface area is 202 Å². The Hall–Kier alpha value is -3.43. The van der Waals surface area contributed by atoms with Crippen LogP contribution in [0.15, 0.2) is 52.5 Å². The van der Waals surface area contributed by atoms with Crippen molar-refractivity contribution in [3.8, 4) is 11.1 Å². The maximum atomic E-state index is 12.8. The number of hydrogen-bond acceptors (Lipinski definition) is 7. The Kier molecular flexibility index (Phi) is 7.44. The van der Waals surface area contributed by atoms with E-state index in [4.69, 9.17) is 9.15 Å². The van der Waals surface area contributed by atoms with Crippen LogP contribution in [-0.4, -0.2) is 66.9 Å². The highest BCUT2D eigenvalue weighted by Crippen LogP contribution is 2.36. The van der Waals surface area contributed by atoms with Gasteiger partial charge in [-0.15, -0.1) is 11.3 Å². The fraction of sp³-hybridized carbons (Fsp3) is 0.320. The zero-order chi connectivity index (χ0) is 24.1. The largest absolute Gasteiger partial charge is 0.462 e. The smallest absolute Gasteiger partial charge is 0.341 e. The molecule has 1 N–H and O–H groups in total. The summed E-state index contributed by atoms with van der Waals surface area (Å²) in [6.07, 6.45) is 1.48. The molecule has 0 unspecified atom stereocenters. The number of esters is 1. The number of nitrogens with one attached hydrogen (secondary N) is 1. The molecule has 8 nitrogen and oxygen atoms in total. The highest BCUT2D eigenvalue weighted by Gasteiger charge is 2.26. The van der Waals surface area contributed by atoms with Gasteiger partial charge < -0.3 is 19.4 Å². The van der Waals surface area contributed by atoms with Gasteiger partial charge in [0.25, 0.3) is 5.91 Å². The third-order valence-corrected chi connectivity index (χ3v) is 6.54. The van der Waals surface area contributed by atoms with Crippen LogP contribution in [0, 0.1) is 6.92 Å². The summed E-state index contributed by atoms with van der Waals surface area (Å²) in [7, 11) is 0. The molecule has 4 rings (SSSR count). The van der Waals surface area contributed by atoms with E-state index in [1.807, 2.05) is 41.5 Å². The van der Waals surface area contributed by atoms with E-state index >= 15 is 0 Å². The summed E-state index contributed by atoms with van der Waals surface area (Å²) >= 11 is 1.31. The number of furan rings is 1. The van der Waals surface area contributed by atoms with Gasteiger partial charge in [0.2, 0.25) is 5.91 Å². The van der Waals surface area contributed by atoms with Crippen molar-refractivity contribution in [2.24, 2.45) is 0 Å². The zero-order valence-corrected chi connectivity index (χ0v) is 20.0. The molecule has 178 valence electrons. The number of carbonyl (C=O) groups excluding carboxylic acids is 3. The Bertz CT molecular complexity index is 1150. The predicted molar refractivity (Wildman–Crippen MR) is 130 cm³/mol. The number of ether oxygens (including phenoxy) is 1. The van der Waals surface area contributed by atoms with E-state index in [1.54, 1.807) is 24.0 Å². The fourth-order valence-corrected chi connectivity index (χ4v) is 4.81. The lowest BCUT2D eigenvalue weighted by molar-refractivity contribution is -0.117. The van der Waals surface area contributed by atoms with Crippen molar-refractivity contribution < 1.29 is 23.5 Å². The molecule has 1 aliphatic rings. The van der Waals surface area contributed by atoms with Crippen LogP contribution in [-0.2, 0) is 9.53 Å². The Balaban J connectivity index is 1.40. The predicted octanol–water partition coefficient (Wildman–Crippen LogP) is 3.89. The molecule has 0 atom stereocenters. The molecule has 34 heavy (non-hydrogen) atoms. The molecule has 3 aromatic rings. The molecule has 1 aromatic carbocycles. The maximum absolute atomic E-state index is 12.8. The average Bonchev–Trinajstić information content (AvgIpc) is 3.50. The third kappa shape index (κ3) is 5.37. The molecule has 0 spiro atoms. The molecule has 0 radical (unpaired) electrons. The first-order valence-electron chi connectivity index (χ1n) is 11.2. The Morgan fingerprint density at radius 1 is 1.09 bits per heavy atom. The summed E-state index contributed by atoms with van der Waals surface area (Å²) in [5.41, 5.74) is 3.13. The normalized spacial score (nSPS) is 14.1. The Morgan fingerprint density at radius 3 is 2.47 bits per heavy atom. The van der Waals surface area contributed by atoms with Crippen LogP contribution >= 0.6 is 11.3 Å². The van der Waals surface area contributed by atoms with Gasteiger partial charge >= 0.3 is 5.97 Å². The van der Waals surface area contributed by atoms with Gasteiger partial charge in [-0.2, -0.15) is 0 Å². The molecule has 0 saturated carbocycles. The highest BCUT2D eigenvalue weighted by atomic mass is 32.1. The summed E-state index contributed by atoms with van der Waals surface area (Å²) in [4.78, 5) is 41.7. The van der Waals surface area contributed by atoms with Gasteiger partial charge in [0, 0.05) is 37.1 Å².